The van der Waals surface area contributed by atoms with Gasteiger partial charge in [-0.15, -0.1) is 0 Å². The number of hydrogen-bond donors (Lipinski definition) is 2. The number of halogens is 1. The third kappa shape index (κ3) is 8.30. The number of allylic oxidation sites excluding steroid dienone is 3. The molecule has 1 fully saturated rings. The fraction of sp³-hybridized carbons (Fsp3) is 0.600. The van der Waals surface area contributed by atoms with Crippen LogP contribution in [0.2, 0.25) is 5.02 Å². The number of esters is 1. The number of nitrogens with zero attached hydrogens (tertiary/aromatic N) is 1. The van der Waals surface area contributed by atoms with Gasteiger partial charge in [-0.2, -0.15) is 0 Å². The van der Waals surface area contributed by atoms with E-state index in [0.717, 1.165) is 11.1 Å². The molecular formula is C30H44ClNO7. The van der Waals surface area contributed by atoms with Gasteiger partial charge in [-0.05, 0) is 51.3 Å². The minimum Gasteiger partial charge on any atom is -0.495 e. The zero-order chi connectivity index (χ0) is 29.7. The highest BCUT2D eigenvalue weighted by molar-refractivity contribution is 6.35. The van der Waals surface area contributed by atoms with Crippen molar-refractivity contribution >= 4 is 29.2 Å². The number of epoxide rings is 1. The van der Waals surface area contributed by atoms with Gasteiger partial charge in [0.25, 0.3) is 0 Å². The molecule has 6 atom stereocenters. The molecule has 2 N–H and O–H groups in total. The van der Waals surface area contributed by atoms with E-state index in [1.165, 1.54) is 18.9 Å². The third-order valence-corrected chi connectivity index (χ3v) is 8.00. The molecule has 1 aliphatic heterocycles. The summed E-state index contributed by atoms with van der Waals surface area (Å²) in [6, 6.07) is 3.67. The first kappa shape index (κ1) is 32.8. The van der Waals surface area contributed by atoms with Crippen LogP contribution in [0.4, 0.5) is 5.69 Å². The number of ether oxygens (including phenoxy) is 3. The molecule has 0 bridgehead atoms. The highest BCUT2D eigenvalue weighted by atomic mass is 35.5. The molecule has 218 valence electrons. The number of amides is 1. The van der Waals surface area contributed by atoms with E-state index in [1.54, 1.807) is 27.0 Å². The van der Waals surface area contributed by atoms with E-state index in [-0.39, 0.29) is 24.7 Å². The van der Waals surface area contributed by atoms with E-state index in [2.05, 4.69) is 6.58 Å². The zero-order valence-corrected chi connectivity index (χ0v) is 25.2. The maximum atomic E-state index is 13.3. The minimum atomic E-state index is -1.12. The number of carbonyl (C=O) groups excluding carboxylic acids is 2. The minimum absolute atomic E-state index is 0.209. The number of methoxy groups -OCH3 is 1. The molecule has 1 saturated heterocycles. The zero-order valence-electron chi connectivity index (χ0n) is 24.4. The predicted molar refractivity (Wildman–Crippen MR) is 153 cm³/mol. The molecule has 0 aliphatic carbocycles. The van der Waals surface area contributed by atoms with Crippen molar-refractivity contribution in [3.05, 3.63) is 47.0 Å². The van der Waals surface area contributed by atoms with E-state index in [1.807, 2.05) is 39.0 Å². The van der Waals surface area contributed by atoms with Gasteiger partial charge in [-0.1, -0.05) is 49.8 Å². The Morgan fingerprint density at radius 1 is 1.36 bits per heavy atom. The van der Waals surface area contributed by atoms with Crippen LogP contribution in [0.1, 0.15) is 66.4 Å². The molecule has 0 radical (unpaired) electrons. The summed E-state index contributed by atoms with van der Waals surface area (Å²) in [5.74, 6) is -0.679. The molecule has 1 aromatic rings. The van der Waals surface area contributed by atoms with E-state index in [0.29, 0.717) is 29.3 Å². The molecule has 2 rings (SSSR count). The fourth-order valence-electron chi connectivity index (χ4n) is 4.81. The van der Waals surface area contributed by atoms with Gasteiger partial charge >= 0.3 is 5.97 Å². The Morgan fingerprint density at radius 2 is 2.00 bits per heavy atom. The van der Waals surface area contributed by atoms with Crippen LogP contribution < -0.4 is 9.64 Å². The molecular weight excluding hydrogens is 522 g/mol. The van der Waals surface area contributed by atoms with Gasteiger partial charge in [0.15, 0.2) is 0 Å². The lowest BCUT2D eigenvalue weighted by Gasteiger charge is -2.31. The summed E-state index contributed by atoms with van der Waals surface area (Å²) in [6.07, 6.45) is 2.57. The maximum Gasteiger partial charge on any atom is 0.302 e. The largest absolute Gasteiger partial charge is 0.495 e. The number of hydrogen-bond acceptors (Lipinski definition) is 7. The van der Waals surface area contributed by atoms with Crippen molar-refractivity contribution in [1.82, 2.24) is 0 Å². The highest BCUT2D eigenvalue weighted by Crippen LogP contribution is 2.47. The summed E-state index contributed by atoms with van der Waals surface area (Å²) in [6.45, 7) is 14.2. The molecule has 1 amide bonds. The summed E-state index contributed by atoms with van der Waals surface area (Å²) < 4.78 is 16.9. The number of aliphatic hydroxyl groups is 2. The SMILES string of the molecule is C=C/C=C(\C)Cc1cc(OC)c(Cl)c(N(C)C(=O)C[C@H](O)[C@]2(C)O[C@H]2[C@H](C)[C@H](C[C@](C)(O)CC)OC(C)=O)c1. The lowest BCUT2D eigenvalue weighted by molar-refractivity contribution is -0.153. The van der Waals surface area contributed by atoms with Gasteiger partial charge in [-0.25, -0.2) is 0 Å². The van der Waals surface area contributed by atoms with Gasteiger partial charge < -0.3 is 29.3 Å². The summed E-state index contributed by atoms with van der Waals surface area (Å²) in [5, 5.41) is 22.0. The molecule has 0 saturated carbocycles. The van der Waals surface area contributed by atoms with Crippen LogP contribution in [0.25, 0.3) is 0 Å². The first-order valence-corrected chi connectivity index (χ1v) is 13.6. The van der Waals surface area contributed by atoms with Crippen molar-refractivity contribution < 1.29 is 34.0 Å². The number of aliphatic hydroxyl groups excluding tert-OH is 1. The second-order valence-electron chi connectivity index (χ2n) is 11.0. The Kier molecular flexibility index (Phi) is 11.2. The average Bonchev–Trinajstić information content (AvgIpc) is 3.56. The van der Waals surface area contributed by atoms with Crippen LogP contribution in [0.15, 0.2) is 36.4 Å². The van der Waals surface area contributed by atoms with E-state index in [4.69, 9.17) is 25.8 Å². The molecule has 1 heterocycles. The van der Waals surface area contributed by atoms with Crippen LogP contribution in [-0.4, -0.2) is 65.8 Å². The van der Waals surface area contributed by atoms with Gasteiger partial charge in [0, 0.05) is 26.3 Å². The van der Waals surface area contributed by atoms with Crippen LogP contribution in [0, 0.1) is 5.92 Å². The number of carbonyl (C=O) groups is 2. The first-order valence-electron chi connectivity index (χ1n) is 13.3. The van der Waals surface area contributed by atoms with Crippen molar-refractivity contribution in [3.8, 4) is 5.75 Å². The van der Waals surface area contributed by atoms with Crippen molar-refractivity contribution in [1.29, 1.82) is 0 Å². The van der Waals surface area contributed by atoms with Crippen LogP contribution in [0.3, 0.4) is 0 Å². The summed E-state index contributed by atoms with van der Waals surface area (Å²) in [7, 11) is 3.12. The second-order valence-corrected chi connectivity index (χ2v) is 11.4. The number of benzene rings is 1. The van der Waals surface area contributed by atoms with Crippen LogP contribution >= 0.6 is 11.6 Å². The summed E-state index contributed by atoms with van der Waals surface area (Å²) in [4.78, 5) is 26.4. The van der Waals surface area contributed by atoms with Gasteiger partial charge in [0.05, 0.1) is 37.0 Å². The van der Waals surface area contributed by atoms with E-state index >= 15 is 0 Å². The molecule has 0 spiro atoms. The first-order chi connectivity index (χ1) is 18.1. The average molecular weight is 566 g/mol. The van der Waals surface area contributed by atoms with E-state index < -0.39 is 35.5 Å². The third-order valence-electron chi connectivity index (χ3n) is 7.62. The Bertz CT molecular complexity index is 1090. The highest BCUT2D eigenvalue weighted by Gasteiger charge is 2.61. The Hall–Kier alpha value is -2.39. The number of anilines is 1. The Labute approximate surface area is 237 Å². The molecule has 9 heteroatoms. The van der Waals surface area contributed by atoms with Crippen molar-refractivity contribution in [2.45, 2.75) is 96.7 Å². The second kappa shape index (κ2) is 13.3. The molecule has 0 unspecified atom stereocenters. The monoisotopic (exact) mass is 565 g/mol. The van der Waals surface area contributed by atoms with Crippen molar-refractivity contribution in [2.75, 3.05) is 19.1 Å². The van der Waals surface area contributed by atoms with Crippen molar-refractivity contribution in [2.24, 2.45) is 5.92 Å². The topological polar surface area (TPSA) is 109 Å². The standard InChI is InChI=1S/C30H44ClNO7/c1-10-12-18(3)13-21-14-22(27(31)23(15-21)37-9)32(8)26(35)16-25(34)30(7)28(39-30)19(4)24(38-20(5)33)17-29(6,36)11-2/h10,12,14-15,19,24-25,28,34,36H,1,11,13,16-17H2,2-9H3/b18-12+/t19-,24+,25+,28+,29-,30+/m1/s1. The molecule has 39 heavy (non-hydrogen) atoms. The predicted octanol–water partition coefficient (Wildman–Crippen LogP) is 5.01. The number of rotatable bonds is 14. The van der Waals surface area contributed by atoms with Gasteiger partial charge in [0.2, 0.25) is 5.91 Å². The van der Waals surface area contributed by atoms with Gasteiger partial charge in [0.1, 0.15) is 22.5 Å². The maximum absolute atomic E-state index is 13.3. The van der Waals surface area contributed by atoms with Crippen LogP contribution in [-0.2, 0) is 25.5 Å². The molecule has 1 aliphatic rings. The van der Waals surface area contributed by atoms with E-state index in [9.17, 15) is 19.8 Å². The fourth-order valence-corrected chi connectivity index (χ4v) is 5.13. The lowest BCUT2D eigenvalue weighted by Crippen LogP contribution is -2.41. The Morgan fingerprint density at radius 3 is 2.54 bits per heavy atom. The summed E-state index contributed by atoms with van der Waals surface area (Å²) >= 11 is 6.56. The van der Waals surface area contributed by atoms with Crippen molar-refractivity contribution in [3.63, 3.8) is 0 Å². The Balaban J connectivity index is 2.19. The molecule has 1 aromatic carbocycles. The van der Waals surface area contributed by atoms with Gasteiger partial charge in [-0.3, -0.25) is 9.59 Å². The molecule has 0 aromatic heterocycles. The van der Waals surface area contributed by atoms with Crippen LogP contribution in [0.5, 0.6) is 5.75 Å². The lowest BCUT2D eigenvalue weighted by atomic mass is 9.83. The molecule has 8 nitrogen and oxygen atoms in total. The quantitative estimate of drug-likeness (QED) is 0.185. The summed E-state index contributed by atoms with van der Waals surface area (Å²) in [5.41, 5.74) is 0.427. The normalized spacial score (nSPS) is 22.7. The smallest absolute Gasteiger partial charge is 0.302 e.